The van der Waals surface area contributed by atoms with Crippen molar-refractivity contribution in [3.05, 3.63) is 30.4 Å². The van der Waals surface area contributed by atoms with Gasteiger partial charge in [-0.3, -0.25) is 4.98 Å². The largest absolute Gasteiger partial charge is 1.00 e. The molecule has 0 saturated carbocycles. The van der Waals surface area contributed by atoms with Gasteiger partial charge in [0, 0.05) is 18.0 Å². The third kappa shape index (κ3) is 2.92. The van der Waals surface area contributed by atoms with Crippen LogP contribution in [0.15, 0.2) is 28.9 Å². The van der Waals surface area contributed by atoms with Gasteiger partial charge >= 0.3 is 51.4 Å². The first-order chi connectivity index (χ1) is 6.77. The smallest absolute Gasteiger partial charge is 0.540 e. The zero-order chi connectivity index (χ0) is 9.97. The molecule has 6 nitrogen and oxygen atoms in total. The molecule has 0 unspecified atom stereocenters. The van der Waals surface area contributed by atoms with Gasteiger partial charge in [0.1, 0.15) is 5.97 Å². The first-order valence-corrected chi connectivity index (χ1v) is 3.72. The van der Waals surface area contributed by atoms with Gasteiger partial charge in [-0.05, 0) is 12.1 Å². The second kappa shape index (κ2) is 5.47. The van der Waals surface area contributed by atoms with Crippen molar-refractivity contribution >= 4 is 5.97 Å². The Balaban J connectivity index is 0.00000112. The number of aromatic nitrogens is 3. The van der Waals surface area contributed by atoms with Crippen molar-refractivity contribution in [1.29, 1.82) is 0 Å². The van der Waals surface area contributed by atoms with E-state index in [1.165, 1.54) is 12.4 Å². The Bertz CT molecular complexity index is 457. The topological polar surface area (TPSA) is 91.9 Å². The standard InChI is InChI=1S/C8H5N3O3.K/c12-8(13)7-11-10-6(14-7)5-1-3-9-4-2-5;/h1-4H,(H,12,13);/q;+1/p-1. The fraction of sp³-hybridized carbons (Fsp3) is 0. The molecule has 7 heteroatoms. The van der Waals surface area contributed by atoms with E-state index in [2.05, 4.69) is 15.2 Å². The van der Waals surface area contributed by atoms with Crippen molar-refractivity contribution in [2.24, 2.45) is 0 Å². The summed E-state index contributed by atoms with van der Waals surface area (Å²) in [5.74, 6) is -1.89. The predicted molar refractivity (Wildman–Crippen MR) is 41.9 cm³/mol. The van der Waals surface area contributed by atoms with Crippen LogP contribution in [0.4, 0.5) is 0 Å². The molecule has 0 amide bonds. The van der Waals surface area contributed by atoms with E-state index in [1.54, 1.807) is 12.1 Å². The maximum Gasteiger partial charge on any atom is 1.00 e. The molecule has 0 aromatic carbocycles. The average Bonchev–Trinajstić information content (AvgIpc) is 2.68. The van der Waals surface area contributed by atoms with Crippen LogP contribution in [0.1, 0.15) is 10.7 Å². The zero-order valence-electron chi connectivity index (χ0n) is 7.88. The maximum absolute atomic E-state index is 10.3. The minimum Gasteiger partial charge on any atom is -0.540 e. The van der Waals surface area contributed by atoms with E-state index < -0.39 is 11.9 Å². The molecule has 2 rings (SSSR count). The number of rotatable bonds is 2. The fourth-order valence-corrected chi connectivity index (χ4v) is 0.917. The second-order valence-electron chi connectivity index (χ2n) is 2.44. The number of carboxylic acids is 1. The summed E-state index contributed by atoms with van der Waals surface area (Å²) in [4.78, 5) is 14.1. The van der Waals surface area contributed by atoms with Gasteiger partial charge in [-0.1, -0.05) is 0 Å². The molecule has 0 aliphatic heterocycles. The van der Waals surface area contributed by atoms with Gasteiger partial charge in [-0.2, -0.15) is 0 Å². The molecule has 15 heavy (non-hydrogen) atoms. The molecule has 2 heterocycles. The Hall–Kier alpha value is -0.604. The first-order valence-electron chi connectivity index (χ1n) is 3.72. The van der Waals surface area contributed by atoms with Crippen LogP contribution in [0.2, 0.25) is 0 Å². The molecule has 2 aromatic heterocycles. The quantitative estimate of drug-likeness (QED) is 0.496. The molecule has 0 N–H and O–H groups in total. The monoisotopic (exact) mass is 229 g/mol. The molecular weight excluding hydrogens is 225 g/mol. The van der Waals surface area contributed by atoms with Crippen molar-refractivity contribution in [3.63, 3.8) is 0 Å². The van der Waals surface area contributed by atoms with Crippen molar-refractivity contribution < 1.29 is 65.7 Å². The summed E-state index contributed by atoms with van der Waals surface area (Å²) in [6.45, 7) is 0. The number of pyridine rings is 1. The van der Waals surface area contributed by atoms with Crippen LogP contribution in [-0.2, 0) is 0 Å². The van der Waals surface area contributed by atoms with E-state index in [9.17, 15) is 9.90 Å². The summed E-state index contributed by atoms with van der Waals surface area (Å²) >= 11 is 0. The van der Waals surface area contributed by atoms with Crippen LogP contribution >= 0.6 is 0 Å². The van der Waals surface area contributed by atoms with E-state index in [4.69, 9.17) is 4.42 Å². The average molecular weight is 229 g/mol. The molecule has 0 aliphatic rings. The minimum absolute atomic E-state index is 0. The molecular formula is C8H4KN3O3. The summed E-state index contributed by atoms with van der Waals surface area (Å²) in [7, 11) is 0. The molecule has 0 fully saturated rings. The molecule has 2 aromatic rings. The Morgan fingerprint density at radius 2 is 1.93 bits per heavy atom. The minimum atomic E-state index is -1.49. The molecule has 0 radical (unpaired) electrons. The van der Waals surface area contributed by atoms with Crippen LogP contribution < -0.4 is 56.5 Å². The fourth-order valence-electron chi connectivity index (χ4n) is 0.917. The third-order valence-electron chi connectivity index (χ3n) is 1.53. The Labute approximate surface area is 127 Å². The maximum atomic E-state index is 10.3. The summed E-state index contributed by atoms with van der Waals surface area (Å²) < 4.78 is 4.82. The van der Waals surface area contributed by atoms with Gasteiger partial charge in [0.25, 0.3) is 5.89 Å². The van der Waals surface area contributed by atoms with Crippen LogP contribution in [-0.4, -0.2) is 21.2 Å². The summed E-state index contributed by atoms with van der Waals surface area (Å²) in [5.41, 5.74) is 0.611. The first kappa shape index (κ1) is 12.5. The van der Waals surface area contributed by atoms with Crippen molar-refractivity contribution in [2.75, 3.05) is 0 Å². The summed E-state index contributed by atoms with van der Waals surface area (Å²) in [5, 5.41) is 17.2. The molecule has 0 spiro atoms. The summed E-state index contributed by atoms with van der Waals surface area (Å²) in [6, 6.07) is 3.26. The number of nitrogens with zero attached hydrogens (tertiary/aromatic N) is 3. The predicted octanol–water partition coefficient (Wildman–Crippen LogP) is -3.50. The van der Waals surface area contributed by atoms with Crippen molar-refractivity contribution in [3.8, 4) is 11.5 Å². The molecule has 0 saturated heterocycles. The van der Waals surface area contributed by atoms with Crippen LogP contribution in [0.3, 0.4) is 0 Å². The van der Waals surface area contributed by atoms with Crippen molar-refractivity contribution in [1.82, 2.24) is 15.2 Å². The van der Waals surface area contributed by atoms with E-state index in [0.29, 0.717) is 5.56 Å². The van der Waals surface area contributed by atoms with E-state index in [1.807, 2.05) is 0 Å². The molecule has 0 atom stereocenters. The van der Waals surface area contributed by atoms with Crippen LogP contribution in [0, 0.1) is 0 Å². The third-order valence-corrected chi connectivity index (χ3v) is 1.53. The van der Waals surface area contributed by atoms with Gasteiger partial charge in [-0.15, -0.1) is 10.2 Å². The Morgan fingerprint density at radius 3 is 2.47 bits per heavy atom. The Morgan fingerprint density at radius 1 is 1.27 bits per heavy atom. The van der Waals surface area contributed by atoms with Crippen LogP contribution in [0.5, 0.6) is 0 Å². The van der Waals surface area contributed by atoms with Gasteiger partial charge < -0.3 is 14.3 Å². The van der Waals surface area contributed by atoms with Crippen LogP contribution in [0.25, 0.3) is 11.5 Å². The van der Waals surface area contributed by atoms with Gasteiger partial charge in [0.15, 0.2) is 0 Å². The molecule has 70 valence electrons. The van der Waals surface area contributed by atoms with E-state index >= 15 is 0 Å². The molecule has 0 bridgehead atoms. The second-order valence-corrected chi connectivity index (χ2v) is 2.44. The van der Waals surface area contributed by atoms with Crippen molar-refractivity contribution in [2.45, 2.75) is 0 Å². The summed E-state index contributed by atoms with van der Waals surface area (Å²) in [6.07, 6.45) is 3.08. The van der Waals surface area contributed by atoms with Gasteiger partial charge in [0.05, 0.1) is 0 Å². The number of carboxylic acid groups (broad SMARTS) is 1. The van der Waals surface area contributed by atoms with Gasteiger partial charge in [-0.25, -0.2) is 0 Å². The number of carbonyl (C=O) groups is 1. The normalized spacial score (nSPS) is 9.33. The number of hydrogen-bond acceptors (Lipinski definition) is 6. The number of hydrogen-bond donors (Lipinski definition) is 0. The van der Waals surface area contributed by atoms with E-state index in [0.717, 1.165) is 0 Å². The Kier molecular flexibility index (Phi) is 4.55. The van der Waals surface area contributed by atoms with Gasteiger partial charge in [0.2, 0.25) is 5.89 Å². The zero-order valence-corrected chi connectivity index (χ0v) is 11.0. The number of aromatic carboxylic acids is 1. The SMILES string of the molecule is O=C([O-])c1nnc(-c2ccncc2)o1.[K+]. The number of carbonyl (C=O) groups excluding carboxylic acids is 1. The molecule has 0 aliphatic carbocycles. The van der Waals surface area contributed by atoms with E-state index in [-0.39, 0.29) is 57.3 Å².